The van der Waals surface area contributed by atoms with E-state index >= 15 is 0 Å². The number of nitrogens with zero attached hydrogens (tertiary/aromatic N) is 2. The summed E-state index contributed by atoms with van der Waals surface area (Å²) in [6, 6.07) is 6.50. The molecule has 21 heavy (non-hydrogen) atoms. The van der Waals surface area contributed by atoms with Gasteiger partial charge in [-0.25, -0.2) is 0 Å². The molecule has 110 valence electrons. The van der Waals surface area contributed by atoms with Crippen molar-refractivity contribution in [1.29, 1.82) is 0 Å². The van der Waals surface area contributed by atoms with E-state index in [9.17, 15) is 9.59 Å². The maximum Gasteiger partial charge on any atom is 0.275 e. The van der Waals surface area contributed by atoms with Crippen LogP contribution in [0.5, 0.6) is 0 Å². The van der Waals surface area contributed by atoms with Gasteiger partial charge in [0.05, 0.1) is 6.04 Å². The zero-order valence-electron chi connectivity index (χ0n) is 11.7. The van der Waals surface area contributed by atoms with Crippen LogP contribution in [0.25, 0.3) is 11.4 Å². The summed E-state index contributed by atoms with van der Waals surface area (Å²) in [5.74, 6) is 0.117. The second-order valence-corrected chi connectivity index (χ2v) is 5.00. The molecule has 7 heteroatoms. The van der Waals surface area contributed by atoms with Crippen LogP contribution in [0, 0.1) is 0 Å². The Morgan fingerprint density at radius 2 is 2.19 bits per heavy atom. The number of benzene rings is 1. The van der Waals surface area contributed by atoms with Crippen molar-refractivity contribution in [1.82, 2.24) is 20.5 Å². The van der Waals surface area contributed by atoms with E-state index < -0.39 is 6.04 Å². The van der Waals surface area contributed by atoms with Gasteiger partial charge in [0.25, 0.3) is 5.56 Å². The number of nitrogens with one attached hydrogen (secondary N) is 2. The van der Waals surface area contributed by atoms with Crippen LogP contribution in [0.2, 0.25) is 5.02 Å². The maximum absolute atomic E-state index is 12.1. The molecule has 0 aliphatic heterocycles. The highest BCUT2D eigenvalue weighted by Gasteiger charge is 2.17. The van der Waals surface area contributed by atoms with Crippen LogP contribution in [0.4, 0.5) is 0 Å². The Morgan fingerprint density at radius 3 is 2.76 bits per heavy atom. The SMILES string of the molecule is CCC(NC(C)=O)c1nnc(-c2cccc(Cl)c2)[nH]c1=O. The third-order valence-electron chi connectivity index (χ3n) is 2.94. The third kappa shape index (κ3) is 3.66. The molecule has 0 fully saturated rings. The van der Waals surface area contributed by atoms with Gasteiger partial charge in [-0.15, -0.1) is 10.2 Å². The van der Waals surface area contributed by atoms with Gasteiger partial charge < -0.3 is 10.3 Å². The lowest BCUT2D eigenvalue weighted by Crippen LogP contribution is -2.32. The molecular weight excluding hydrogens is 292 g/mol. The van der Waals surface area contributed by atoms with Crippen LogP contribution in [0.1, 0.15) is 32.0 Å². The van der Waals surface area contributed by atoms with Crippen molar-refractivity contribution in [2.75, 3.05) is 0 Å². The number of rotatable bonds is 4. The summed E-state index contributed by atoms with van der Waals surface area (Å²) in [5.41, 5.74) is 0.491. The zero-order valence-corrected chi connectivity index (χ0v) is 12.4. The maximum atomic E-state index is 12.1. The van der Waals surface area contributed by atoms with Gasteiger partial charge in [-0.3, -0.25) is 9.59 Å². The lowest BCUT2D eigenvalue weighted by atomic mass is 10.1. The number of carbonyl (C=O) groups is 1. The molecule has 1 aromatic heterocycles. The van der Waals surface area contributed by atoms with Crippen molar-refractivity contribution in [2.24, 2.45) is 0 Å². The molecule has 1 atom stereocenters. The van der Waals surface area contributed by atoms with Crippen LogP contribution >= 0.6 is 11.6 Å². The van der Waals surface area contributed by atoms with Gasteiger partial charge in [0.1, 0.15) is 0 Å². The minimum atomic E-state index is -0.452. The fraction of sp³-hybridized carbons (Fsp3) is 0.286. The minimum absolute atomic E-state index is 0.193. The average molecular weight is 307 g/mol. The number of carbonyl (C=O) groups excluding carboxylic acids is 1. The first kappa shape index (κ1) is 15.2. The van der Waals surface area contributed by atoms with Crippen LogP contribution in [0.15, 0.2) is 29.1 Å². The third-order valence-corrected chi connectivity index (χ3v) is 3.17. The number of halogens is 1. The lowest BCUT2D eigenvalue weighted by molar-refractivity contribution is -0.119. The van der Waals surface area contributed by atoms with Crippen molar-refractivity contribution in [3.63, 3.8) is 0 Å². The van der Waals surface area contributed by atoms with Gasteiger partial charge in [-0.1, -0.05) is 30.7 Å². The first-order chi connectivity index (χ1) is 10.0. The second-order valence-electron chi connectivity index (χ2n) is 4.56. The number of hydrogen-bond donors (Lipinski definition) is 2. The van der Waals surface area contributed by atoms with Gasteiger partial charge in [-0.2, -0.15) is 0 Å². The fourth-order valence-electron chi connectivity index (χ4n) is 1.95. The van der Waals surface area contributed by atoms with Crippen molar-refractivity contribution in [2.45, 2.75) is 26.3 Å². The fourth-order valence-corrected chi connectivity index (χ4v) is 2.14. The van der Waals surface area contributed by atoms with E-state index in [0.29, 0.717) is 22.8 Å². The topological polar surface area (TPSA) is 87.7 Å². The van der Waals surface area contributed by atoms with E-state index in [1.165, 1.54) is 6.92 Å². The Labute approximate surface area is 126 Å². The zero-order chi connectivity index (χ0) is 15.4. The lowest BCUT2D eigenvalue weighted by Gasteiger charge is -2.13. The summed E-state index contributed by atoms with van der Waals surface area (Å²) in [6.07, 6.45) is 0.549. The predicted molar refractivity (Wildman–Crippen MR) is 79.9 cm³/mol. The highest BCUT2D eigenvalue weighted by molar-refractivity contribution is 6.30. The Bertz CT molecular complexity index is 714. The van der Waals surface area contributed by atoms with Crippen LogP contribution in [-0.2, 0) is 4.79 Å². The van der Waals surface area contributed by atoms with Crippen LogP contribution in [-0.4, -0.2) is 21.1 Å². The molecule has 0 saturated carbocycles. The largest absolute Gasteiger partial charge is 0.348 e. The van der Waals surface area contributed by atoms with Gasteiger partial charge in [-0.05, 0) is 18.6 Å². The first-order valence-corrected chi connectivity index (χ1v) is 6.89. The molecule has 6 nitrogen and oxygen atoms in total. The number of aromatic amines is 1. The normalized spacial score (nSPS) is 12.0. The molecule has 0 bridgehead atoms. The summed E-state index contributed by atoms with van der Waals surface area (Å²) in [5, 5.41) is 11.2. The van der Waals surface area contributed by atoms with Crippen molar-refractivity contribution in [3.05, 3.63) is 45.3 Å². The quantitative estimate of drug-likeness (QED) is 0.905. The predicted octanol–water partition coefficient (Wildman–Crippen LogP) is 2.07. The smallest absolute Gasteiger partial charge is 0.275 e. The number of aromatic nitrogens is 3. The Hall–Kier alpha value is -2.21. The van der Waals surface area contributed by atoms with E-state index in [1.807, 2.05) is 6.92 Å². The van der Waals surface area contributed by atoms with E-state index in [2.05, 4.69) is 20.5 Å². The summed E-state index contributed by atoms with van der Waals surface area (Å²) < 4.78 is 0. The van der Waals surface area contributed by atoms with Gasteiger partial charge in [0.15, 0.2) is 11.5 Å². The van der Waals surface area contributed by atoms with Crippen molar-refractivity contribution < 1.29 is 4.79 Å². The second kappa shape index (κ2) is 6.49. The van der Waals surface area contributed by atoms with E-state index in [-0.39, 0.29) is 17.2 Å². The molecule has 1 unspecified atom stereocenters. The Morgan fingerprint density at radius 1 is 1.43 bits per heavy atom. The molecule has 2 aromatic rings. The molecule has 0 spiro atoms. The van der Waals surface area contributed by atoms with E-state index in [1.54, 1.807) is 24.3 Å². The molecule has 2 N–H and O–H groups in total. The molecule has 0 radical (unpaired) electrons. The number of H-pyrrole nitrogens is 1. The molecule has 1 aromatic carbocycles. The molecule has 2 rings (SSSR count). The standard InChI is InChI=1S/C14H15ClN4O2/c1-3-11(16-8(2)20)12-14(21)17-13(19-18-12)9-5-4-6-10(15)7-9/h4-7,11H,3H2,1-2H3,(H,16,20)(H,17,19,21). The molecule has 0 aliphatic carbocycles. The summed E-state index contributed by atoms with van der Waals surface area (Å²) in [7, 11) is 0. The van der Waals surface area contributed by atoms with Crippen molar-refractivity contribution >= 4 is 17.5 Å². The van der Waals surface area contributed by atoms with E-state index in [4.69, 9.17) is 11.6 Å². The van der Waals surface area contributed by atoms with Gasteiger partial charge in [0, 0.05) is 17.5 Å². The Kier molecular flexibility index (Phi) is 4.70. The molecule has 1 heterocycles. The monoisotopic (exact) mass is 306 g/mol. The van der Waals surface area contributed by atoms with E-state index in [0.717, 1.165) is 0 Å². The summed E-state index contributed by atoms with van der Waals surface area (Å²) >= 11 is 5.91. The molecule has 0 aliphatic rings. The van der Waals surface area contributed by atoms with Crippen molar-refractivity contribution in [3.8, 4) is 11.4 Å². The van der Waals surface area contributed by atoms with Crippen LogP contribution in [0.3, 0.4) is 0 Å². The summed E-state index contributed by atoms with van der Waals surface area (Å²) in [6.45, 7) is 3.25. The van der Waals surface area contributed by atoms with Gasteiger partial charge >= 0.3 is 0 Å². The highest BCUT2D eigenvalue weighted by atomic mass is 35.5. The molecule has 1 amide bonds. The minimum Gasteiger partial charge on any atom is -0.348 e. The number of hydrogen-bond acceptors (Lipinski definition) is 4. The molecule has 0 saturated heterocycles. The average Bonchev–Trinajstić information content (AvgIpc) is 2.45. The Balaban J connectivity index is 2.37. The molecular formula is C14H15ClN4O2. The summed E-state index contributed by atoms with van der Waals surface area (Å²) in [4.78, 5) is 25.9. The van der Waals surface area contributed by atoms with Gasteiger partial charge in [0.2, 0.25) is 5.91 Å². The number of amides is 1. The first-order valence-electron chi connectivity index (χ1n) is 6.51. The van der Waals surface area contributed by atoms with Crippen LogP contribution < -0.4 is 10.9 Å². The highest BCUT2D eigenvalue weighted by Crippen LogP contribution is 2.18.